The second-order valence-corrected chi connectivity index (χ2v) is 7.61. The van der Waals surface area contributed by atoms with Crippen molar-refractivity contribution >= 4 is 34.3 Å². The Morgan fingerprint density at radius 1 is 1.18 bits per heavy atom. The van der Waals surface area contributed by atoms with Crippen molar-refractivity contribution in [2.45, 2.75) is 26.8 Å². The zero-order valence-corrected chi connectivity index (χ0v) is 16.9. The Kier molecular flexibility index (Phi) is 4.77. The molecule has 0 spiro atoms. The zero-order chi connectivity index (χ0) is 19.8. The first-order valence-electron chi connectivity index (χ1n) is 9.63. The summed E-state index contributed by atoms with van der Waals surface area (Å²) in [7, 11) is 3.99. The van der Waals surface area contributed by atoms with Crippen molar-refractivity contribution in [3.05, 3.63) is 59.5 Å². The Hall–Kier alpha value is -2.92. The van der Waals surface area contributed by atoms with Crippen LogP contribution in [0.25, 0.3) is 22.7 Å². The second kappa shape index (κ2) is 7.24. The maximum Gasteiger partial charge on any atom is 0.223 e. The van der Waals surface area contributed by atoms with E-state index < -0.39 is 0 Å². The number of hydrogen-bond donors (Lipinski definition) is 0. The molecule has 28 heavy (non-hydrogen) atoms. The quantitative estimate of drug-likeness (QED) is 0.695. The molecule has 0 unspecified atom stereocenters. The fourth-order valence-corrected chi connectivity index (χ4v) is 3.94. The lowest BCUT2D eigenvalue weighted by Gasteiger charge is -2.23. The summed E-state index contributed by atoms with van der Waals surface area (Å²) in [6.07, 6.45) is 6.90. The number of carbonyl (C=O) groups excluding carboxylic acids is 1. The number of likely N-dealkylation sites (N-methyl/N-ethyl adjacent to an activating group) is 1. The number of pyridine rings is 1. The lowest BCUT2D eigenvalue weighted by Crippen LogP contribution is -2.27. The summed E-state index contributed by atoms with van der Waals surface area (Å²) in [5, 5.41) is 1.23. The number of amides is 1. The molecule has 144 valence electrons. The summed E-state index contributed by atoms with van der Waals surface area (Å²) in [4.78, 5) is 20.0. The molecule has 1 aliphatic heterocycles. The molecule has 0 N–H and O–H groups in total. The van der Waals surface area contributed by atoms with Gasteiger partial charge in [0.25, 0.3) is 0 Å². The van der Waals surface area contributed by atoms with Crippen molar-refractivity contribution in [2.75, 3.05) is 25.5 Å². The van der Waals surface area contributed by atoms with Gasteiger partial charge in [0.1, 0.15) is 0 Å². The molecule has 0 aliphatic carbocycles. The van der Waals surface area contributed by atoms with E-state index in [0.717, 1.165) is 25.2 Å². The second-order valence-electron chi connectivity index (χ2n) is 7.61. The van der Waals surface area contributed by atoms with E-state index in [9.17, 15) is 4.79 Å². The van der Waals surface area contributed by atoms with Crippen molar-refractivity contribution in [1.29, 1.82) is 0 Å². The number of anilines is 1. The Labute approximate surface area is 165 Å². The number of fused-ring (bicyclic) bond motifs is 3. The third-order valence-corrected chi connectivity index (χ3v) is 5.68. The number of carbonyl (C=O) groups is 1. The molecule has 1 aromatic carbocycles. The van der Waals surface area contributed by atoms with Crippen molar-refractivity contribution in [3.63, 3.8) is 0 Å². The van der Waals surface area contributed by atoms with Crippen molar-refractivity contribution in [2.24, 2.45) is 0 Å². The topological polar surface area (TPSA) is 41.4 Å². The van der Waals surface area contributed by atoms with Gasteiger partial charge in [-0.05, 0) is 61.0 Å². The van der Waals surface area contributed by atoms with Crippen LogP contribution in [0.5, 0.6) is 0 Å². The van der Waals surface area contributed by atoms with Crippen LogP contribution in [0.2, 0.25) is 0 Å². The zero-order valence-electron chi connectivity index (χ0n) is 16.9. The fraction of sp³-hybridized carbons (Fsp3) is 0.304. The van der Waals surface area contributed by atoms with Crippen LogP contribution in [0.4, 0.5) is 5.69 Å². The van der Waals surface area contributed by atoms with E-state index >= 15 is 0 Å². The average Bonchev–Trinajstić information content (AvgIpc) is 3.00. The third kappa shape index (κ3) is 3.22. The first kappa shape index (κ1) is 18.4. The van der Waals surface area contributed by atoms with Crippen LogP contribution in [-0.4, -0.2) is 41.0 Å². The first-order valence-corrected chi connectivity index (χ1v) is 9.63. The van der Waals surface area contributed by atoms with Gasteiger partial charge in [-0.15, -0.1) is 0 Å². The normalized spacial score (nSPS) is 14.9. The van der Waals surface area contributed by atoms with Crippen LogP contribution in [0, 0.1) is 0 Å². The molecule has 5 nitrogen and oxygen atoms in total. The van der Waals surface area contributed by atoms with Crippen LogP contribution >= 0.6 is 0 Å². The highest BCUT2D eigenvalue weighted by molar-refractivity contribution is 5.97. The molecule has 1 aliphatic rings. The fourth-order valence-electron chi connectivity index (χ4n) is 3.94. The summed E-state index contributed by atoms with van der Waals surface area (Å²) >= 11 is 0. The molecule has 5 heteroatoms. The Morgan fingerprint density at radius 3 is 2.64 bits per heavy atom. The van der Waals surface area contributed by atoms with E-state index in [1.807, 2.05) is 37.6 Å². The van der Waals surface area contributed by atoms with Gasteiger partial charge in [0, 0.05) is 68.8 Å². The molecular weight excluding hydrogens is 348 g/mol. The van der Waals surface area contributed by atoms with E-state index in [-0.39, 0.29) is 5.91 Å². The van der Waals surface area contributed by atoms with Gasteiger partial charge in [-0.25, -0.2) is 0 Å². The number of aromatic nitrogens is 2. The Morgan fingerprint density at radius 2 is 1.93 bits per heavy atom. The molecule has 3 aromatic rings. The molecule has 0 saturated heterocycles. The van der Waals surface area contributed by atoms with E-state index in [2.05, 4.69) is 46.8 Å². The highest BCUT2D eigenvalue weighted by Crippen LogP contribution is 2.34. The van der Waals surface area contributed by atoms with Crippen LogP contribution in [0.1, 0.15) is 30.7 Å². The lowest BCUT2D eigenvalue weighted by molar-refractivity contribution is -0.116. The highest BCUT2D eigenvalue weighted by atomic mass is 16.2. The van der Waals surface area contributed by atoms with Crippen molar-refractivity contribution < 1.29 is 4.79 Å². The minimum atomic E-state index is 0.0400. The van der Waals surface area contributed by atoms with Gasteiger partial charge in [-0.2, -0.15) is 0 Å². The minimum absolute atomic E-state index is 0.0400. The summed E-state index contributed by atoms with van der Waals surface area (Å²) in [6, 6.07) is 10.4. The van der Waals surface area contributed by atoms with E-state index in [1.165, 1.54) is 33.3 Å². The number of benzene rings is 1. The molecule has 1 amide bonds. The minimum Gasteiger partial charge on any atom is -0.320 e. The SMILES string of the molecule is CC(=O)N(C)c1ccc2c(c1)c1c(n2/C=C(/C)c2ccncc2)CCN(C)C1. The van der Waals surface area contributed by atoms with Gasteiger partial charge in [0.2, 0.25) is 5.91 Å². The van der Waals surface area contributed by atoms with Crippen LogP contribution in [-0.2, 0) is 17.8 Å². The molecule has 2 aromatic heterocycles. The Balaban J connectivity index is 1.90. The van der Waals surface area contributed by atoms with Crippen LogP contribution < -0.4 is 4.90 Å². The molecule has 0 saturated carbocycles. The molecule has 0 bridgehead atoms. The standard InChI is InChI=1S/C23H26N4O/c1-16(18-7-10-24-11-8-18)14-27-22-6-5-19(26(4)17(2)28)13-20(22)21-15-25(3)12-9-23(21)27/h5-8,10-11,13-14H,9,12,15H2,1-4H3/b16-14-. The number of allylic oxidation sites excluding steroid dienone is 1. The maximum absolute atomic E-state index is 11.8. The Bertz CT molecular complexity index is 1070. The van der Waals surface area contributed by atoms with E-state index in [0.29, 0.717) is 0 Å². The maximum atomic E-state index is 11.8. The molecular formula is C23H26N4O. The number of hydrogen-bond acceptors (Lipinski definition) is 3. The summed E-state index contributed by atoms with van der Waals surface area (Å²) in [5.74, 6) is 0.0400. The van der Waals surface area contributed by atoms with Gasteiger partial charge in [0.15, 0.2) is 0 Å². The smallest absolute Gasteiger partial charge is 0.223 e. The predicted octanol–water partition coefficient (Wildman–Crippen LogP) is 4.02. The van der Waals surface area contributed by atoms with Crippen LogP contribution in [0.15, 0.2) is 42.7 Å². The summed E-state index contributed by atoms with van der Waals surface area (Å²) < 4.78 is 2.34. The number of rotatable bonds is 3. The molecule has 4 rings (SSSR count). The van der Waals surface area contributed by atoms with Gasteiger partial charge >= 0.3 is 0 Å². The molecule has 3 heterocycles. The van der Waals surface area contributed by atoms with E-state index in [1.54, 1.807) is 11.8 Å². The van der Waals surface area contributed by atoms with Gasteiger partial charge in [-0.1, -0.05) is 0 Å². The van der Waals surface area contributed by atoms with Crippen LogP contribution in [0.3, 0.4) is 0 Å². The van der Waals surface area contributed by atoms with Gasteiger partial charge in [0.05, 0.1) is 5.52 Å². The lowest BCUT2D eigenvalue weighted by atomic mass is 10.0. The molecule has 0 fully saturated rings. The monoisotopic (exact) mass is 374 g/mol. The molecule has 0 atom stereocenters. The van der Waals surface area contributed by atoms with Gasteiger partial charge < -0.3 is 14.4 Å². The predicted molar refractivity (Wildman–Crippen MR) is 115 cm³/mol. The third-order valence-electron chi connectivity index (χ3n) is 5.68. The highest BCUT2D eigenvalue weighted by Gasteiger charge is 2.22. The summed E-state index contributed by atoms with van der Waals surface area (Å²) in [5.41, 5.74) is 7.22. The molecule has 0 radical (unpaired) electrons. The largest absolute Gasteiger partial charge is 0.320 e. The van der Waals surface area contributed by atoms with Crippen molar-refractivity contribution in [3.8, 4) is 0 Å². The first-order chi connectivity index (χ1) is 13.5. The number of nitrogens with zero attached hydrogens (tertiary/aromatic N) is 4. The van der Waals surface area contributed by atoms with Crippen molar-refractivity contribution in [1.82, 2.24) is 14.5 Å². The van der Waals surface area contributed by atoms with E-state index in [4.69, 9.17) is 0 Å². The van der Waals surface area contributed by atoms with Gasteiger partial charge in [-0.3, -0.25) is 9.78 Å². The summed E-state index contributed by atoms with van der Waals surface area (Å²) in [6.45, 7) is 5.71. The average molecular weight is 374 g/mol.